The first-order valence-corrected chi connectivity index (χ1v) is 6.25. The summed E-state index contributed by atoms with van der Waals surface area (Å²) >= 11 is 4.28. The monoisotopic (exact) mass is 206 g/mol. The molecular weight excluding hydrogens is 188 g/mol. The third kappa shape index (κ3) is 2.14. The van der Waals surface area contributed by atoms with Gasteiger partial charge in [0.05, 0.1) is 0 Å². The van der Waals surface area contributed by atoms with E-state index in [1.165, 1.54) is 38.5 Å². The molecule has 0 bridgehead atoms. The maximum Gasteiger partial charge on any atom is -0.00947 e. The summed E-state index contributed by atoms with van der Waals surface area (Å²) in [6.07, 6.45) is 7.78. The topological polar surface area (TPSA) is 0 Å². The number of fused-ring (bicyclic) bond motifs is 1. The summed E-state index contributed by atoms with van der Waals surface area (Å²) in [7, 11) is 0. The van der Waals surface area contributed by atoms with Gasteiger partial charge in [-0.2, -0.15) is 12.6 Å². The van der Waals surface area contributed by atoms with Crippen molar-refractivity contribution in [2.75, 3.05) is 5.75 Å². The lowest BCUT2D eigenvalue weighted by atomic mass is 9.87. The zero-order chi connectivity index (χ0) is 9.80. The van der Waals surface area contributed by atoms with E-state index in [9.17, 15) is 0 Å². The van der Waals surface area contributed by atoms with Gasteiger partial charge in [0.15, 0.2) is 0 Å². The summed E-state index contributed by atoms with van der Waals surface area (Å²) in [5.41, 5.74) is 4.84. The second kappa shape index (κ2) is 4.88. The van der Waals surface area contributed by atoms with Crippen LogP contribution in [0.25, 0.3) is 0 Å². The minimum absolute atomic E-state index is 1.00. The fourth-order valence-corrected chi connectivity index (χ4v) is 2.52. The second-order valence-corrected chi connectivity index (χ2v) is 4.54. The van der Waals surface area contributed by atoms with Crippen LogP contribution >= 0.6 is 12.6 Å². The number of thiol groups is 1. The zero-order valence-electron chi connectivity index (χ0n) is 8.63. The van der Waals surface area contributed by atoms with Gasteiger partial charge >= 0.3 is 0 Å². The molecule has 0 nitrogen and oxygen atoms in total. The van der Waals surface area contributed by atoms with Gasteiger partial charge in [-0.05, 0) is 61.0 Å². The van der Waals surface area contributed by atoms with Gasteiger partial charge in [-0.25, -0.2) is 0 Å². The average molecular weight is 206 g/mol. The fourth-order valence-electron chi connectivity index (χ4n) is 2.36. The molecule has 0 heterocycles. The lowest BCUT2D eigenvalue weighted by Gasteiger charge is -2.19. The zero-order valence-corrected chi connectivity index (χ0v) is 9.52. The standard InChI is InChI=1S/C13H18S/c14-10-4-8-12-7-3-6-11-5-1-2-9-13(11)12/h3,6-7,14H,1-2,4-5,8-10H2. The Bertz CT molecular complexity index is 304. The largest absolute Gasteiger partial charge is 0.179 e. The Morgan fingerprint density at radius 2 is 2.00 bits per heavy atom. The molecule has 76 valence electrons. The molecule has 0 spiro atoms. The van der Waals surface area contributed by atoms with Crippen molar-refractivity contribution in [2.45, 2.75) is 38.5 Å². The number of aryl methyl sites for hydroxylation is 2. The summed E-state index contributed by atoms with van der Waals surface area (Å²) in [6, 6.07) is 6.82. The van der Waals surface area contributed by atoms with E-state index in [2.05, 4.69) is 30.8 Å². The van der Waals surface area contributed by atoms with E-state index in [0.717, 1.165) is 5.75 Å². The van der Waals surface area contributed by atoms with Crippen molar-refractivity contribution in [3.05, 3.63) is 34.9 Å². The number of benzene rings is 1. The molecule has 1 heteroatoms. The van der Waals surface area contributed by atoms with Gasteiger partial charge in [0.2, 0.25) is 0 Å². The van der Waals surface area contributed by atoms with Gasteiger partial charge < -0.3 is 0 Å². The summed E-state index contributed by atoms with van der Waals surface area (Å²) in [5.74, 6) is 1.00. The highest BCUT2D eigenvalue weighted by Crippen LogP contribution is 2.25. The number of hydrogen-bond acceptors (Lipinski definition) is 1. The maximum absolute atomic E-state index is 4.28. The van der Waals surface area contributed by atoms with Crippen LogP contribution in [0.4, 0.5) is 0 Å². The third-order valence-electron chi connectivity index (χ3n) is 3.10. The van der Waals surface area contributed by atoms with E-state index < -0.39 is 0 Å². The van der Waals surface area contributed by atoms with E-state index in [1.807, 2.05) is 0 Å². The molecule has 1 aromatic rings. The Balaban J connectivity index is 2.21. The molecule has 0 fully saturated rings. The Hall–Kier alpha value is -0.430. The van der Waals surface area contributed by atoms with Gasteiger partial charge in [0, 0.05) is 0 Å². The molecule has 0 aromatic heterocycles. The molecule has 0 amide bonds. The van der Waals surface area contributed by atoms with E-state index in [1.54, 1.807) is 16.7 Å². The quantitative estimate of drug-likeness (QED) is 0.720. The van der Waals surface area contributed by atoms with Crippen LogP contribution in [0.2, 0.25) is 0 Å². The number of rotatable bonds is 3. The molecule has 0 N–H and O–H groups in total. The summed E-state index contributed by atoms with van der Waals surface area (Å²) in [6.45, 7) is 0. The average Bonchev–Trinajstić information content (AvgIpc) is 2.26. The molecule has 0 aliphatic heterocycles. The Morgan fingerprint density at radius 1 is 1.14 bits per heavy atom. The number of hydrogen-bond donors (Lipinski definition) is 1. The van der Waals surface area contributed by atoms with Gasteiger partial charge in [0.1, 0.15) is 0 Å². The molecule has 1 aromatic carbocycles. The Morgan fingerprint density at radius 3 is 2.86 bits per heavy atom. The van der Waals surface area contributed by atoms with Crippen molar-refractivity contribution in [1.29, 1.82) is 0 Å². The van der Waals surface area contributed by atoms with E-state index >= 15 is 0 Å². The highest BCUT2D eigenvalue weighted by molar-refractivity contribution is 7.80. The molecule has 2 rings (SSSR count). The van der Waals surface area contributed by atoms with Crippen LogP contribution in [-0.4, -0.2) is 5.75 Å². The summed E-state index contributed by atoms with van der Waals surface area (Å²) < 4.78 is 0. The second-order valence-electron chi connectivity index (χ2n) is 4.09. The van der Waals surface area contributed by atoms with Crippen LogP contribution in [-0.2, 0) is 19.3 Å². The normalized spacial score (nSPS) is 15.2. The van der Waals surface area contributed by atoms with Crippen molar-refractivity contribution < 1.29 is 0 Å². The van der Waals surface area contributed by atoms with E-state index in [-0.39, 0.29) is 0 Å². The molecule has 0 radical (unpaired) electrons. The van der Waals surface area contributed by atoms with Crippen molar-refractivity contribution in [2.24, 2.45) is 0 Å². The SMILES string of the molecule is SCCCc1cccc2c1CCCC2. The molecule has 0 saturated carbocycles. The third-order valence-corrected chi connectivity index (χ3v) is 3.41. The first kappa shape index (κ1) is 10.1. The van der Waals surface area contributed by atoms with E-state index in [0.29, 0.717) is 0 Å². The Kier molecular flexibility index (Phi) is 3.52. The summed E-state index contributed by atoms with van der Waals surface area (Å²) in [4.78, 5) is 0. The van der Waals surface area contributed by atoms with Crippen LogP contribution in [0.15, 0.2) is 18.2 Å². The van der Waals surface area contributed by atoms with Gasteiger partial charge in [-0.3, -0.25) is 0 Å². The van der Waals surface area contributed by atoms with Crippen LogP contribution in [0, 0.1) is 0 Å². The fraction of sp³-hybridized carbons (Fsp3) is 0.538. The molecule has 1 aliphatic rings. The molecule has 0 atom stereocenters. The predicted octanol–water partition coefficient (Wildman–Crippen LogP) is 3.43. The van der Waals surface area contributed by atoms with Gasteiger partial charge in [0.25, 0.3) is 0 Å². The first-order chi connectivity index (χ1) is 6.92. The minimum atomic E-state index is 1.00. The van der Waals surface area contributed by atoms with Crippen molar-refractivity contribution in [3.8, 4) is 0 Å². The lowest BCUT2D eigenvalue weighted by molar-refractivity contribution is 0.676. The molecule has 0 saturated heterocycles. The first-order valence-electron chi connectivity index (χ1n) is 5.62. The molecule has 14 heavy (non-hydrogen) atoms. The minimum Gasteiger partial charge on any atom is -0.179 e. The summed E-state index contributed by atoms with van der Waals surface area (Å²) in [5, 5.41) is 0. The molecule has 0 unspecified atom stereocenters. The lowest BCUT2D eigenvalue weighted by Crippen LogP contribution is -2.06. The van der Waals surface area contributed by atoms with Crippen LogP contribution in [0.5, 0.6) is 0 Å². The van der Waals surface area contributed by atoms with Crippen molar-refractivity contribution in [3.63, 3.8) is 0 Å². The van der Waals surface area contributed by atoms with Gasteiger partial charge in [-0.1, -0.05) is 18.2 Å². The van der Waals surface area contributed by atoms with Crippen molar-refractivity contribution >= 4 is 12.6 Å². The highest BCUT2D eigenvalue weighted by Gasteiger charge is 2.11. The highest BCUT2D eigenvalue weighted by atomic mass is 32.1. The van der Waals surface area contributed by atoms with Crippen LogP contribution < -0.4 is 0 Å². The Labute approximate surface area is 92.1 Å². The van der Waals surface area contributed by atoms with Gasteiger partial charge in [-0.15, -0.1) is 0 Å². The van der Waals surface area contributed by atoms with Crippen LogP contribution in [0.3, 0.4) is 0 Å². The smallest absolute Gasteiger partial charge is 0.00947 e. The van der Waals surface area contributed by atoms with Crippen LogP contribution in [0.1, 0.15) is 36.0 Å². The maximum atomic E-state index is 4.28. The van der Waals surface area contributed by atoms with Crippen molar-refractivity contribution in [1.82, 2.24) is 0 Å². The predicted molar refractivity (Wildman–Crippen MR) is 65.3 cm³/mol. The van der Waals surface area contributed by atoms with E-state index in [4.69, 9.17) is 0 Å². The molecule has 1 aliphatic carbocycles. The molecular formula is C13H18S.